The highest BCUT2D eigenvalue weighted by atomic mass is 19.1. The summed E-state index contributed by atoms with van der Waals surface area (Å²) in [6, 6.07) is 3.74. The maximum atomic E-state index is 13.4. The average Bonchev–Trinajstić information content (AvgIpc) is 2.89. The van der Waals surface area contributed by atoms with Gasteiger partial charge in [0.1, 0.15) is 5.82 Å². The van der Waals surface area contributed by atoms with Crippen LogP contribution in [0.1, 0.15) is 18.4 Å². The summed E-state index contributed by atoms with van der Waals surface area (Å²) >= 11 is 0. The lowest BCUT2D eigenvalue weighted by atomic mass is 10.1. The number of nitrogens with two attached hydrogens (primary N) is 1. The van der Waals surface area contributed by atoms with Crippen molar-refractivity contribution < 1.29 is 9.13 Å². The predicted molar refractivity (Wildman–Crippen MR) is 78.4 cm³/mol. The third kappa shape index (κ3) is 2.74. The first kappa shape index (κ1) is 13.6. The van der Waals surface area contributed by atoms with E-state index in [1.165, 1.54) is 25.5 Å². The van der Waals surface area contributed by atoms with Crippen molar-refractivity contribution in [1.82, 2.24) is 4.90 Å². The summed E-state index contributed by atoms with van der Waals surface area (Å²) in [4.78, 5) is 2.51. The number of fused-ring (bicyclic) bond motifs is 1. The molecular weight excluding hydrogens is 257 g/mol. The predicted octanol–water partition coefficient (Wildman–Crippen LogP) is 1.99. The summed E-state index contributed by atoms with van der Waals surface area (Å²) in [6.45, 7) is 5.43. The zero-order valence-corrected chi connectivity index (χ0v) is 11.9. The van der Waals surface area contributed by atoms with Crippen LogP contribution in [-0.2, 0) is 4.74 Å². The molecule has 0 aromatic heterocycles. The fraction of sp³-hybridized carbons (Fsp3) is 0.600. The molecule has 2 fully saturated rings. The van der Waals surface area contributed by atoms with Crippen molar-refractivity contribution in [3.63, 3.8) is 0 Å². The minimum Gasteiger partial charge on any atom is -0.397 e. The number of hydrogen-bond acceptors (Lipinski definition) is 4. The fourth-order valence-corrected chi connectivity index (χ4v) is 3.08. The Bertz CT molecular complexity index is 494. The van der Waals surface area contributed by atoms with Crippen molar-refractivity contribution >= 4 is 11.4 Å². The van der Waals surface area contributed by atoms with E-state index in [0.29, 0.717) is 23.8 Å². The number of nitrogens with one attached hydrogen (secondary N) is 1. The smallest absolute Gasteiger partial charge is 0.128 e. The minimum absolute atomic E-state index is 0.175. The van der Waals surface area contributed by atoms with Crippen molar-refractivity contribution in [1.29, 1.82) is 0 Å². The zero-order valence-electron chi connectivity index (χ0n) is 11.9. The molecule has 0 amide bonds. The zero-order chi connectivity index (χ0) is 14.1. The molecule has 2 aliphatic rings. The maximum Gasteiger partial charge on any atom is 0.128 e. The van der Waals surface area contributed by atoms with Crippen molar-refractivity contribution in [3.8, 4) is 0 Å². The standard InChI is InChI=1S/C15H22FN3O/c1-10-5-15(14(17)6-13(10)16)18-7-12-8-19-4-2-3-11(19)9-20-12/h5-6,11-12,18H,2-4,7-9,17H2,1H3. The van der Waals surface area contributed by atoms with E-state index in [9.17, 15) is 4.39 Å². The summed E-state index contributed by atoms with van der Waals surface area (Å²) in [5.74, 6) is -0.262. The van der Waals surface area contributed by atoms with Crippen LogP contribution in [0.4, 0.5) is 15.8 Å². The Hall–Kier alpha value is -1.33. The second-order valence-corrected chi connectivity index (χ2v) is 5.82. The second kappa shape index (κ2) is 5.58. The van der Waals surface area contributed by atoms with Crippen molar-refractivity contribution in [2.45, 2.75) is 31.9 Å². The molecule has 1 aromatic carbocycles. The van der Waals surface area contributed by atoms with Crippen molar-refractivity contribution in [2.24, 2.45) is 0 Å². The van der Waals surface area contributed by atoms with E-state index in [0.717, 1.165) is 18.8 Å². The van der Waals surface area contributed by atoms with Crippen LogP contribution in [0.15, 0.2) is 12.1 Å². The fourth-order valence-electron chi connectivity index (χ4n) is 3.08. The van der Waals surface area contributed by atoms with Gasteiger partial charge in [-0.1, -0.05) is 0 Å². The highest BCUT2D eigenvalue weighted by Gasteiger charge is 2.31. The number of anilines is 2. The lowest BCUT2D eigenvalue weighted by molar-refractivity contribution is -0.0415. The second-order valence-electron chi connectivity index (χ2n) is 5.82. The van der Waals surface area contributed by atoms with Crippen LogP contribution < -0.4 is 11.1 Å². The highest BCUT2D eigenvalue weighted by molar-refractivity contribution is 5.67. The van der Waals surface area contributed by atoms with Gasteiger partial charge in [-0.15, -0.1) is 0 Å². The van der Waals surface area contributed by atoms with E-state index < -0.39 is 0 Å². The van der Waals surface area contributed by atoms with Gasteiger partial charge in [0, 0.05) is 19.1 Å². The largest absolute Gasteiger partial charge is 0.397 e. The molecule has 0 radical (unpaired) electrons. The monoisotopic (exact) mass is 279 g/mol. The van der Waals surface area contributed by atoms with Gasteiger partial charge in [-0.05, 0) is 44.0 Å². The third-order valence-corrected chi connectivity index (χ3v) is 4.31. The first-order valence-electron chi connectivity index (χ1n) is 7.28. The number of nitrogen functional groups attached to an aromatic ring is 1. The van der Waals surface area contributed by atoms with Crippen LogP contribution >= 0.6 is 0 Å². The first-order valence-corrected chi connectivity index (χ1v) is 7.28. The molecule has 1 aromatic rings. The molecule has 5 heteroatoms. The number of morpholine rings is 1. The summed E-state index contributed by atoms with van der Waals surface area (Å²) in [5, 5.41) is 3.29. The van der Waals surface area contributed by atoms with Crippen LogP contribution in [0, 0.1) is 12.7 Å². The van der Waals surface area contributed by atoms with Gasteiger partial charge in [0.25, 0.3) is 0 Å². The average molecular weight is 279 g/mol. The molecule has 2 unspecified atom stereocenters. The van der Waals surface area contributed by atoms with E-state index in [1.807, 2.05) is 0 Å². The number of benzene rings is 1. The van der Waals surface area contributed by atoms with Gasteiger partial charge >= 0.3 is 0 Å². The third-order valence-electron chi connectivity index (χ3n) is 4.31. The van der Waals surface area contributed by atoms with E-state index in [-0.39, 0.29) is 11.9 Å². The number of halogens is 1. The topological polar surface area (TPSA) is 50.5 Å². The number of hydrogen-bond donors (Lipinski definition) is 2. The van der Waals surface area contributed by atoms with E-state index in [4.69, 9.17) is 10.5 Å². The number of aryl methyl sites for hydroxylation is 1. The van der Waals surface area contributed by atoms with Crippen LogP contribution in [0.2, 0.25) is 0 Å². The molecule has 2 heterocycles. The number of nitrogens with zero attached hydrogens (tertiary/aromatic N) is 1. The van der Waals surface area contributed by atoms with Crippen LogP contribution in [0.25, 0.3) is 0 Å². The first-order chi connectivity index (χ1) is 9.63. The van der Waals surface area contributed by atoms with E-state index >= 15 is 0 Å². The summed E-state index contributed by atoms with van der Waals surface area (Å²) in [6.07, 6.45) is 2.71. The van der Waals surface area contributed by atoms with Crippen molar-refractivity contribution in [3.05, 3.63) is 23.5 Å². The molecular formula is C15H22FN3O. The minimum atomic E-state index is -0.262. The Morgan fingerprint density at radius 3 is 3.20 bits per heavy atom. The Balaban J connectivity index is 1.58. The highest BCUT2D eigenvalue weighted by Crippen LogP contribution is 2.25. The number of ether oxygens (including phenoxy) is 1. The van der Waals surface area contributed by atoms with Crippen LogP contribution in [0.5, 0.6) is 0 Å². The summed E-state index contributed by atoms with van der Waals surface area (Å²) in [5.41, 5.74) is 7.68. The Morgan fingerprint density at radius 1 is 1.50 bits per heavy atom. The number of rotatable bonds is 3. The SMILES string of the molecule is Cc1cc(NCC2CN3CCCC3CO2)c(N)cc1F. The lowest BCUT2D eigenvalue weighted by Gasteiger charge is -2.35. The van der Waals surface area contributed by atoms with Gasteiger partial charge in [-0.3, -0.25) is 4.90 Å². The Labute approximate surface area is 119 Å². The Kier molecular flexibility index (Phi) is 3.81. The molecule has 20 heavy (non-hydrogen) atoms. The molecule has 2 saturated heterocycles. The molecule has 4 nitrogen and oxygen atoms in total. The molecule has 3 N–H and O–H groups in total. The van der Waals surface area contributed by atoms with Gasteiger partial charge in [-0.25, -0.2) is 4.39 Å². The van der Waals surface area contributed by atoms with Crippen molar-refractivity contribution in [2.75, 3.05) is 37.3 Å². The summed E-state index contributed by atoms with van der Waals surface area (Å²) in [7, 11) is 0. The molecule has 0 bridgehead atoms. The van der Waals surface area contributed by atoms with Gasteiger partial charge in [0.2, 0.25) is 0 Å². The van der Waals surface area contributed by atoms with Crippen LogP contribution in [-0.4, -0.2) is 43.3 Å². The normalized spacial score (nSPS) is 26.5. The molecule has 0 aliphatic carbocycles. The Morgan fingerprint density at radius 2 is 2.35 bits per heavy atom. The maximum absolute atomic E-state index is 13.4. The van der Waals surface area contributed by atoms with Gasteiger partial charge in [0.05, 0.1) is 24.1 Å². The van der Waals surface area contributed by atoms with Gasteiger partial charge in [-0.2, -0.15) is 0 Å². The van der Waals surface area contributed by atoms with E-state index in [1.54, 1.807) is 13.0 Å². The lowest BCUT2D eigenvalue weighted by Crippen LogP contribution is -2.48. The van der Waals surface area contributed by atoms with Gasteiger partial charge in [0.15, 0.2) is 0 Å². The molecule has 0 spiro atoms. The molecule has 3 rings (SSSR count). The molecule has 2 atom stereocenters. The quantitative estimate of drug-likeness (QED) is 0.831. The molecule has 2 aliphatic heterocycles. The van der Waals surface area contributed by atoms with E-state index in [2.05, 4.69) is 10.2 Å². The van der Waals surface area contributed by atoms with Gasteiger partial charge < -0.3 is 15.8 Å². The molecule has 0 saturated carbocycles. The summed E-state index contributed by atoms with van der Waals surface area (Å²) < 4.78 is 19.3. The molecule has 110 valence electrons. The van der Waals surface area contributed by atoms with Crippen LogP contribution in [0.3, 0.4) is 0 Å².